The fourth-order valence-electron chi connectivity index (χ4n) is 2.03. The summed E-state index contributed by atoms with van der Waals surface area (Å²) in [4.78, 5) is 0. The molecule has 0 heterocycles. The third-order valence-electron chi connectivity index (χ3n) is 3.36. The van der Waals surface area contributed by atoms with Gasteiger partial charge in [-0.1, -0.05) is 45.9 Å². The van der Waals surface area contributed by atoms with E-state index < -0.39 is 12.1 Å². The van der Waals surface area contributed by atoms with E-state index in [0.717, 1.165) is 11.1 Å². The first-order valence-corrected chi connectivity index (χ1v) is 6.35. The number of benzene rings is 1. The van der Waals surface area contributed by atoms with Gasteiger partial charge in [-0.25, -0.2) is 0 Å². The Morgan fingerprint density at radius 2 is 1.39 bits per heavy atom. The number of halogens is 3. The fourth-order valence-corrected chi connectivity index (χ4v) is 2.03. The summed E-state index contributed by atoms with van der Waals surface area (Å²) in [5.74, 6) is -1.06. The van der Waals surface area contributed by atoms with Gasteiger partial charge in [0.1, 0.15) is 0 Å². The van der Waals surface area contributed by atoms with Crippen LogP contribution in [0.25, 0.3) is 0 Å². The predicted octanol–water partition coefficient (Wildman–Crippen LogP) is 5.60. The highest BCUT2D eigenvalue weighted by Gasteiger charge is 2.38. The topological polar surface area (TPSA) is 0 Å². The van der Waals surface area contributed by atoms with Crippen LogP contribution in [0, 0.1) is 0 Å². The average molecular weight is 258 g/mol. The zero-order valence-electron chi connectivity index (χ0n) is 11.6. The molecule has 0 fully saturated rings. The molecule has 1 atom stereocenters. The minimum Gasteiger partial charge on any atom is -0.170 e. The Bertz CT molecular complexity index is 403. The molecule has 1 rings (SSSR count). The zero-order chi connectivity index (χ0) is 14.1. The first-order valence-electron chi connectivity index (χ1n) is 6.35. The van der Waals surface area contributed by atoms with Crippen molar-refractivity contribution >= 4 is 0 Å². The summed E-state index contributed by atoms with van der Waals surface area (Å²) in [6, 6.07) is 5.50. The van der Waals surface area contributed by atoms with Crippen molar-refractivity contribution in [2.45, 2.75) is 58.5 Å². The molecule has 1 unspecified atom stereocenters. The monoisotopic (exact) mass is 258 g/mol. The summed E-state index contributed by atoms with van der Waals surface area (Å²) in [5, 5.41) is 0. The predicted molar refractivity (Wildman–Crippen MR) is 69.1 cm³/mol. The van der Waals surface area contributed by atoms with E-state index in [2.05, 4.69) is 0 Å². The van der Waals surface area contributed by atoms with Gasteiger partial charge >= 0.3 is 6.18 Å². The maximum Gasteiger partial charge on any atom is 0.395 e. The van der Waals surface area contributed by atoms with Gasteiger partial charge in [-0.05, 0) is 35.4 Å². The highest BCUT2D eigenvalue weighted by atomic mass is 19.4. The van der Waals surface area contributed by atoms with Gasteiger partial charge in [-0.2, -0.15) is 13.2 Å². The Hall–Kier alpha value is -0.990. The van der Waals surface area contributed by atoms with Gasteiger partial charge in [-0.15, -0.1) is 0 Å². The molecule has 1 aromatic rings. The summed E-state index contributed by atoms with van der Waals surface area (Å²) in [6.45, 7) is 9.08. The Balaban J connectivity index is 3.32. The number of rotatable bonds is 3. The van der Waals surface area contributed by atoms with Crippen molar-refractivity contribution in [3.63, 3.8) is 0 Å². The van der Waals surface area contributed by atoms with Crippen molar-refractivity contribution in [3.05, 3.63) is 34.9 Å². The van der Waals surface area contributed by atoms with E-state index >= 15 is 0 Å². The van der Waals surface area contributed by atoms with Crippen molar-refractivity contribution in [1.82, 2.24) is 0 Å². The van der Waals surface area contributed by atoms with Crippen molar-refractivity contribution in [1.29, 1.82) is 0 Å². The van der Waals surface area contributed by atoms with Crippen molar-refractivity contribution in [2.75, 3.05) is 0 Å². The summed E-state index contributed by atoms with van der Waals surface area (Å²) in [6.07, 6.45) is -4.18. The van der Waals surface area contributed by atoms with Gasteiger partial charge in [0.2, 0.25) is 0 Å². The van der Waals surface area contributed by atoms with Crippen LogP contribution in [0.5, 0.6) is 0 Å². The normalized spacial score (nSPS) is 14.3. The van der Waals surface area contributed by atoms with Crippen molar-refractivity contribution < 1.29 is 13.2 Å². The summed E-state index contributed by atoms with van der Waals surface area (Å²) in [7, 11) is 0. The Morgan fingerprint density at radius 3 is 1.78 bits per heavy atom. The van der Waals surface area contributed by atoms with E-state index in [1.54, 1.807) is 6.07 Å². The number of hydrogen-bond donors (Lipinski definition) is 0. The lowest BCUT2D eigenvalue weighted by molar-refractivity contribution is -0.146. The van der Waals surface area contributed by atoms with Crippen LogP contribution in [-0.4, -0.2) is 6.18 Å². The Morgan fingerprint density at radius 1 is 0.833 bits per heavy atom. The lowest BCUT2D eigenvalue weighted by Crippen LogP contribution is -2.19. The van der Waals surface area contributed by atoms with Crippen LogP contribution in [0.1, 0.15) is 69.1 Å². The van der Waals surface area contributed by atoms with Crippen LogP contribution in [-0.2, 0) is 0 Å². The maximum absolute atomic E-state index is 12.9. The van der Waals surface area contributed by atoms with Gasteiger partial charge in [-0.3, -0.25) is 0 Å². The largest absolute Gasteiger partial charge is 0.395 e. The van der Waals surface area contributed by atoms with Crippen LogP contribution < -0.4 is 0 Å². The lowest BCUT2D eigenvalue weighted by atomic mass is 9.86. The summed E-state index contributed by atoms with van der Waals surface area (Å²) < 4.78 is 38.7. The van der Waals surface area contributed by atoms with Gasteiger partial charge < -0.3 is 0 Å². The molecule has 0 aliphatic heterocycles. The second-order valence-corrected chi connectivity index (χ2v) is 5.46. The van der Waals surface area contributed by atoms with Gasteiger partial charge in [0.15, 0.2) is 0 Å². The van der Waals surface area contributed by atoms with Crippen LogP contribution in [0.15, 0.2) is 18.2 Å². The van der Waals surface area contributed by atoms with Crippen LogP contribution in [0.4, 0.5) is 13.2 Å². The quantitative estimate of drug-likeness (QED) is 0.662. The number of alkyl halides is 3. The molecule has 0 spiro atoms. The van der Waals surface area contributed by atoms with Gasteiger partial charge in [0, 0.05) is 0 Å². The second-order valence-electron chi connectivity index (χ2n) is 5.46. The molecule has 1 aromatic carbocycles. The molecule has 0 aliphatic carbocycles. The molecule has 3 heteroatoms. The Kier molecular flexibility index (Phi) is 4.46. The minimum absolute atomic E-state index is 0.103. The van der Waals surface area contributed by atoms with Crippen LogP contribution >= 0.6 is 0 Å². The molecule has 0 bridgehead atoms. The first kappa shape index (κ1) is 15.1. The van der Waals surface area contributed by atoms with Gasteiger partial charge in [0.05, 0.1) is 5.92 Å². The van der Waals surface area contributed by atoms with Crippen LogP contribution in [0.3, 0.4) is 0 Å². The second kappa shape index (κ2) is 5.33. The minimum atomic E-state index is -4.18. The van der Waals surface area contributed by atoms with E-state index in [0.29, 0.717) is 5.56 Å². The standard InChI is InChI=1S/C15H21F3/c1-9(2)12-6-7-13(10(3)4)14(8-12)11(5)15(16,17)18/h6-11H,1-5H3. The molecule has 0 saturated heterocycles. The van der Waals surface area contributed by atoms with E-state index in [4.69, 9.17) is 0 Å². The highest BCUT2D eigenvalue weighted by molar-refractivity contribution is 5.38. The molecule has 0 radical (unpaired) electrons. The molecule has 0 nitrogen and oxygen atoms in total. The molecule has 0 amide bonds. The zero-order valence-corrected chi connectivity index (χ0v) is 11.6. The summed E-state index contributed by atoms with van der Waals surface area (Å²) in [5.41, 5.74) is 2.18. The highest BCUT2D eigenvalue weighted by Crippen LogP contribution is 2.38. The smallest absolute Gasteiger partial charge is 0.170 e. The summed E-state index contributed by atoms with van der Waals surface area (Å²) >= 11 is 0. The molecule has 18 heavy (non-hydrogen) atoms. The molecule has 0 aromatic heterocycles. The fraction of sp³-hybridized carbons (Fsp3) is 0.600. The SMILES string of the molecule is CC(C)c1ccc(C(C)C)c(C(C)C(F)(F)F)c1. The first-order chi connectivity index (χ1) is 8.14. The molecular formula is C15H21F3. The van der Waals surface area contributed by atoms with Crippen LogP contribution in [0.2, 0.25) is 0 Å². The van der Waals surface area contributed by atoms with E-state index in [9.17, 15) is 13.2 Å². The molecule has 0 aliphatic rings. The molecular weight excluding hydrogens is 237 g/mol. The average Bonchev–Trinajstić information content (AvgIpc) is 2.25. The molecule has 0 N–H and O–H groups in total. The van der Waals surface area contributed by atoms with E-state index in [1.165, 1.54) is 6.92 Å². The lowest BCUT2D eigenvalue weighted by Gasteiger charge is -2.23. The van der Waals surface area contributed by atoms with E-state index in [-0.39, 0.29) is 11.8 Å². The van der Waals surface area contributed by atoms with Crippen molar-refractivity contribution in [3.8, 4) is 0 Å². The van der Waals surface area contributed by atoms with Crippen molar-refractivity contribution in [2.24, 2.45) is 0 Å². The van der Waals surface area contributed by atoms with Gasteiger partial charge in [0.25, 0.3) is 0 Å². The van der Waals surface area contributed by atoms with E-state index in [1.807, 2.05) is 39.8 Å². The third kappa shape index (κ3) is 3.27. The maximum atomic E-state index is 12.9. The Labute approximate surface area is 107 Å². The third-order valence-corrected chi connectivity index (χ3v) is 3.36. The molecule has 0 saturated carbocycles. The molecule has 102 valence electrons. The number of hydrogen-bond acceptors (Lipinski definition) is 0.